The summed E-state index contributed by atoms with van der Waals surface area (Å²) in [6.07, 6.45) is 3.16. The van der Waals surface area contributed by atoms with Gasteiger partial charge in [-0.05, 0) is 55.3 Å². The van der Waals surface area contributed by atoms with Crippen LogP contribution in [0.1, 0.15) is 45.1 Å². The molecule has 7 nitrogen and oxygen atoms in total. The molecule has 0 aliphatic heterocycles. The Labute approximate surface area is 206 Å². The number of carboxylic acids is 1. The maximum atomic E-state index is 12.7. The van der Waals surface area contributed by atoms with Crippen molar-refractivity contribution in [2.45, 2.75) is 52.1 Å². The Balaban J connectivity index is 1.89. The number of hydrogen-bond acceptors (Lipinski definition) is 5. The lowest BCUT2D eigenvalue weighted by molar-refractivity contribution is -0.149. The van der Waals surface area contributed by atoms with Crippen LogP contribution in [0.2, 0.25) is 5.02 Å². The highest BCUT2D eigenvalue weighted by Gasteiger charge is 2.18. The van der Waals surface area contributed by atoms with Crippen LogP contribution in [0.5, 0.6) is 11.5 Å². The first-order valence-corrected chi connectivity index (χ1v) is 12.1. The second kappa shape index (κ2) is 15.2. The van der Waals surface area contributed by atoms with E-state index in [9.17, 15) is 14.7 Å². The fourth-order valence-corrected chi connectivity index (χ4v) is 3.45. The second-order valence-electron chi connectivity index (χ2n) is 7.85. The zero-order chi connectivity index (χ0) is 24.8. The first-order valence-electron chi connectivity index (χ1n) is 11.7. The van der Waals surface area contributed by atoms with Gasteiger partial charge in [0.05, 0.1) is 6.54 Å². The number of carbonyl (C=O) groups excluding carboxylic acids is 1. The lowest BCUT2D eigenvalue weighted by Gasteiger charge is -2.22. The van der Waals surface area contributed by atoms with E-state index >= 15 is 0 Å². The molecular weight excluding hydrogens is 458 g/mol. The molecule has 0 radical (unpaired) electrons. The van der Waals surface area contributed by atoms with Crippen LogP contribution in [0, 0.1) is 0 Å². The molecule has 2 aromatic carbocycles. The first kappa shape index (κ1) is 27.5. The maximum Gasteiger partial charge on any atom is 0.415 e. The topological polar surface area (TPSA) is 85.3 Å². The van der Waals surface area contributed by atoms with Crippen molar-refractivity contribution in [1.29, 1.82) is 0 Å². The van der Waals surface area contributed by atoms with Crippen LogP contribution in [-0.4, -0.2) is 54.5 Å². The number of rotatable bonds is 15. The lowest BCUT2D eigenvalue weighted by atomic mass is 10.1. The molecule has 0 heterocycles. The summed E-state index contributed by atoms with van der Waals surface area (Å²) in [6.45, 7) is 5.52. The number of carboxylic acid groups (broad SMARTS) is 1. The summed E-state index contributed by atoms with van der Waals surface area (Å²) in [5, 5.41) is 9.81. The second-order valence-corrected chi connectivity index (χ2v) is 8.28. The molecule has 0 fully saturated rings. The summed E-state index contributed by atoms with van der Waals surface area (Å²) in [5.74, 6) is 0.104. The van der Waals surface area contributed by atoms with E-state index in [-0.39, 0.29) is 6.42 Å². The Bertz CT molecular complexity index is 872. The SMILES string of the molecule is CCCCCCN(CCOc1ccc(CC(OCC)C(=O)O)cc1)C(=O)Oc1ccc(Cl)cc1. The van der Waals surface area contributed by atoms with Crippen molar-refractivity contribution < 1.29 is 28.9 Å². The highest BCUT2D eigenvalue weighted by atomic mass is 35.5. The number of ether oxygens (including phenoxy) is 3. The van der Waals surface area contributed by atoms with Crippen molar-refractivity contribution in [3.05, 3.63) is 59.1 Å². The summed E-state index contributed by atoms with van der Waals surface area (Å²) < 4.78 is 16.6. The smallest absolute Gasteiger partial charge is 0.415 e. The molecule has 8 heteroatoms. The van der Waals surface area contributed by atoms with Gasteiger partial charge in [-0.15, -0.1) is 0 Å². The molecule has 186 valence electrons. The third-order valence-corrected chi connectivity index (χ3v) is 5.43. The first-order chi connectivity index (χ1) is 16.4. The van der Waals surface area contributed by atoms with Crippen LogP contribution in [0.25, 0.3) is 0 Å². The van der Waals surface area contributed by atoms with Crippen molar-refractivity contribution in [2.75, 3.05) is 26.3 Å². The molecule has 0 aliphatic rings. The van der Waals surface area contributed by atoms with E-state index in [4.69, 9.17) is 25.8 Å². The monoisotopic (exact) mass is 491 g/mol. The van der Waals surface area contributed by atoms with Gasteiger partial charge < -0.3 is 24.2 Å². The standard InChI is InChI=1S/C26H34ClNO6/c1-3-5-6-7-16-28(26(31)34-23-14-10-21(27)11-15-23)17-18-33-22-12-8-20(9-13-22)19-24(25(29)30)32-4-2/h8-15,24H,3-7,16-19H2,1-2H3,(H,29,30). The Hall–Kier alpha value is -2.77. The van der Waals surface area contributed by atoms with Gasteiger partial charge in [-0.2, -0.15) is 0 Å². The summed E-state index contributed by atoms with van der Waals surface area (Å²) >= 11 is 5.90. The largest absolute Gasteiger partial charge is 0.492 e. The zero-order valence-corrected chi connectivity index (χ0v) is 20.6. The Morgan fingerprint density at radius 3 is 2.24 bits per heavy atom. The van der Waals surface area contributed by atoms with E-state index in [1.807, 2.05) is 12.1 Å². The van der Waals surface area contributed by atoms with E-state index in [0.29, 0.717) is 42.8 Å². The number of carbonyl (C=O) groups is 2. The summed E-state index contributed by atoms with van der Waals surface area (Å²) in [6, 6.07) is 13.9. The maximum absolute atomic E-state index is 12.7. The van der Waals surface area contributed by atoms with Crippen molar-refractivity contribution in [3.8, 4) is 11.5 Å². The van der Waals surface area contributed by atoms with Crippen LogP contribution in [0.3, 0.4) is 0 Å². The number of hydrogen-bond donors (Lipinski definition) is 1. The number of halogens is 1. The van der Waals surface area contributed by atoms with Crippen LogP contribution in [-0.2, 0) is 16.0 Å². The molecule has 2 aromatic rings. The van der Waals surface area contributed by atoms with Crippen molar-refractivity contribution in [1.82, 2.24) is 4.90 Å². The van der Waals surface area contributed by atoms with E-state index < -0.39 is 18.2 Å². The fourth-order valence-electron chi connectivity index (χ4n) is 3.32. The fraction of sp³-hybridized carbons (Fsp3) is 0.462. The minimum atomic E-state index is -0.980. The number of aliphatic carboxylic acids is 1. The van der Waals surface area contributed by atoms with Gasteiger partial charge in [-0.3, -0.25) is 0 Å². The number of nitrogens with zero attached hydrogens (tertiary/aromatic N) is 1. The van der Waals surface area contributed by atoms with Gasteiger partial charge in [-0.25, -0.2) is 9.59 Å². The van der Waals surface area contributed by atoms with Crippen molar-refractivity contribution in [2.24, 2.45) is 0 Å². The van der Waals surface area contributed by atoms with Gasteiger partial charge in [0, 0.05) is 24.6 Å². The van der Waals surface area contributed by atoms with Crippen LogP contribution < -0.4 is 9.47 Å². The van der Waals surface area contributed by atoms with Gasteiger partial charge in [0.25, 0.3) is 0 Å². The third-order valence-electron chi connectivity index (χ3n) is 5.18. The average molecular weight is 492 g/mol. The predicted octanol–water partition coefficient (Wildman–Crippen LogP) is 5.83. The van der Waals surface area contributed by atoms with E-state index in [0.717, 1.165) is 31.2 Å². The average Bonchev–Trinajstić information content (AvgIpc) is 2.82. The Kier molecular flexibility index (Phi) is 12.3. The molecule has 0 saturated carbocycles. The van der Waals surface area contributed by atoms with E-state index in [1.165, 1.54) is 0 Å². The lowest BCUT2D eigenvalue weighted by Crippen LogP contribution is -2.37. The molecular formula is C26H34ClNO6. The molecule has 34 heavy (non-hydrogen) atoms. The summed E-state index contributed by atoms with van der Waals surface area (Å²) in [5.41, 5.74) is 0.845. The molecule has 0 aliphatic carbocycles. The molecule has 0 saturated heterocycles. The van der Waals surface area contributed by atoms with Gasteiger partial charge in [0.1, 0.15) is 18.1 Å². The summed E-state index contributed by atoms with van der Waals surface area (Å²) in [4.78, 5) is 25.6. The minimum absolute atomic E-state index is 0.283. The minimum Gasteiger partial charge on any atom is -0.492 e. The number of unbranched alkanes of at least 4 members (excludes halogenated alkanes) is 3. The van der Waals surface area contributed by atoms with Gasteiger partial charge in [0.2, 0.25) is 0 Å². The number of benzene rings is 2. The zero-order valence-electron chi connectivity index (χ0n) is 19.9. The highest BCUT2D eigenvalue weighted by Crippen LogP contribution is 2.18. The van der Waals surface area contributed by atoms with E-state index in [1.54, 1.807) is 48.2 Å². The van der Waals surface area contributed by atoms with Crippen LogP contribution in [0.15, 0.2) is 48.5 Å². The molecule has 1 unspecified atom stereocenters. The Morgan fingerprint density at radius 2 is 1.62 bits per heavy atom. The molecule has 0 spiro atoms. The van der Waals surface area contributed by atoms with E-state index in [2.05, 4.69) is 6.92 Å². The number of amides is 1. The molecule has 1 amide bonds. The van der Waals surface area contributed by atoms with Gasteiger partial charge >= 0.3 is 12.1 Å². The summed E-state index contributed by atoms with van der Waals surface area (Å²) in [7, 11) is 0. The Morgan fingerprint density at radius 1 is 0.941 bits per heavy atom. The molecule has 1 atom stereocenters. The molecule has 0 aromatic heterocycles. The molecule has 2 rings (SSSR count). The van der Waals surface area contributed by atoms with Gasteiger partial charge in [0.15, 0.2) is 6.10 Å². The molecule has 1 N–H and O–H groups in total. The van der Waals surface area contributed by atoms with Crippen molar-refractivity contribution in [3.63, 3.8) is 0 Å². The van der Waals surface area contributed by atoms with Crippen LogP contribution in [0.4, 0.5) is 4.79 Å². The third kappa shape index (κ3) is 10.0. The van der Waals surface area contributed by atoms with Crippen molar-refractivity contribution >= 4 is 23.7 Å². The predicted molar refractivity (Wildman–Crippen MR) is 132 cm³/mol. The quantitative estimate of drug-likeness (QED) is 0.315. The van der Waals surface area contributed by atoms with Crippen LogP contribution >= 0.6 is 11.6 Å². The van der Waals surface area contributed by atoms with Gasteiger partial charge in [-0.1, -0.05) is 49.9 Å². The highest BCUT2D eigenvalue weighted by molar-refractivity contribution is 6.30. The molecule has 0 bridgehead atoms. The normalized spacial score (nSPS) is 11.6.